The van der Waals surface area contributed by atoms with Crippen LogP contribution in [0.5, 0.6) is 0 Å². The van der Waals surface area contributed by atoms with E-state index in [1.54, 1.807) is 4.90 Å². The Balaban J connectivity index is 1.85. The molecule has 28 heavy (non-hydrogen) atoms. The molecule has 1 aliphatic rings. The van der Waals surface area contributed by atoms with Crippen LogP contribution in [0.25, 0.3) is 11.0 Å². The van der Waals surface area contributed by atoms with Crippen LogP contribution < -0.4 is 4.90 Å². The zero-order valence-corrected chi connectivity index (χ0v) is 16.5. The van der Waals surface area contributed by atoms with Gasteiger partial charge in [0.1, 0.15) is 5.60 Å². The number of rotatable bonds is 2. The second kappa shape index (κ2) is 7.22. The molecule has 3 rings (SSSR count). The number of ether oxygens (including phenoxy) is 1. The minimum absolute atomic E-state index is 0.0487. The zero-order chi connectivity index (χ0) is 20.7. The van der Waals surface area contributed by atoms with Crippen LogP contribution in [0.4, 0.5) is 23.7 Å². The van der Waals surface area contributed by atoms with Gasteiger partial charge in [0.15, 0.2) is 5.58 Å². The van der Waals surface area contributed by atoms with Crippen molar-refractivity contribution >= 4 is 22.7 Å². The molecule has 1 atom stereocenters. The predicted octanol–water partition coefficient (Wildman–Crippen LogP) is 5.29. The normalized spacial score (nSPS) is 18.6. The van der Waals surface area contributed by atoms with E-state index >= 15 is 0 Å². The van der Waals surface area contributed by atoms with Gasteiger partial charge < -0.3 is 19.0 Å². The maximum Gasteiger partial charge on any atom is 0.417 e. The molecule has 1 fully saturated rings. The molecule has 154 valence electrons. The lowest BCUT2D eigenvalue weighted by Gasteiger charge is -2.42. The van der Waals surface area contributed by atoms with Crippen LogP contribution in [0.3, 0.4) is 0 Å². The number of fused-ring (bicyclic) bond motifs is 1. The fourth-order valence-corrected chi connectivity index (χ4v) is 3.53. The molecule has 0 saturated carbocycles. The average Bonchev–Trinajstić information content (AvgIpc) is 3.07. The number of benzene rings is 1. The summed E-state index contributed by atoms with van der Waals surface area (Å²) >= 11 is 0. The molecule has 2 heterocycles. The van der Waals surface area contributed by atoms with Gasteiger partial charge in [-0.05, 0) is 45.4 Å². The van der Waals surface area contributed by atoms with Crippen molar-refractivity contribution in [1.82, 2.24) is 4.90 Å². The summed E-state index contributed by atoms with van der Waals surface area (Å²) in [4.78, 5) is 16.2. The molecule has 1 aromatic carbocycles. The molecule has 8 heteroatoms. The van der Waals surface area contributed by atoms with Crippen LogP contribution in [0.15, 0.2) is 28.9 Å². The van der Waals surface area contributed by atoms with Gasteiger partial charge in [0.2, 0.25) is 0 Å². The number of alkyl halides is 3. The maximum atomic E-state index is 13.2. The predicted molar refractivity (Wildman–Crippen MR) is 100 cm³/mol. The second-order valence-electron chi connectivity index (χ2n) is 7.98. The first-order valence-electron chi connectivity index (χ1n) is 9.33. The molecule has 1 aromatic heterocycles. The Labute approximate surface area is 162 Å². The zero-order valence-electron chi connectivity index (χ0n) is 16.5. The summed E-state index contributed by atoms with van der Waals surface area (Å²) in [5.41, 5.74) is -0.467. The molecule has 0 radical (unpaired) electrons. The molecule has 1 unspecified atom stereocenters. The van der Waals surface area contributed by atoms with E-state index in [-0.39, 0.29) is 23.1 Å². The first-order chi connectivity index (χ1) is 13.0. The number of carbonyl (C=O) groups excluding carboxylic acids is 1. The van der Waals surface area contributed by atoms with E-state index in [1.165, 1.54) is 18.4 Å². The van der Waals surface area contributed by atoms with Gasteiger partial charge in [0, 0.05) is 25.0 Å². The third kappa shape index (κ3) is 4.05. The first kappa shape index (κ1) is 20.4. The van der Waals surface area contributed by atoms with Crippen LogP contribution in [-0.4, -0.2) is 42.3 Å². The number of hydrogen-bond acceptors (Lipinski definition) is 4. The van der Waals surface area contributed by atoms with E-state index in [2.05, 4.69) is 0 Å². The Morgan fingerprint density at radius 1 is 1.21 bits per heavy atom. The van der Waals surface area contributed by atoms with Crippen LogP contribution in [0, 0.1) is 0 Å². The van der Waals surface area contributed by atoms with E-state index in [0.717, 1.165) is 6.07 Å². The van der Waals surface area contributed by atoms with Crippen molar-refractivity contribution in [2.24, 2.45) is 0 Å². The Hall–Kier alpha value is -2.38. The molecule has 1 amide bonds. The number of carbonyl (C=O) groups is 1. The highest BCUT2D eigenvalue weighted by Crippen LogP contribution is 2.39. The highest BCUT2D eigenvalue weighted by Gasteiger charge is 2.36. The molecule has 0 N–H and O–H groups in total. The number of anilines is 1. The standard InChI is InChI=1S/C20H25F3N2O3/c1-5-13-12-24(9-10-25(13)18(26)28-19(2,3)4)16-7-6-15(20(21,22)23)14-8-11-27-17(14)16/h6-8,11,13H,5,9-10,12H2,1-4H3. The van der Waals surface area contributed by atoms with Gasteiger partial charge in [0.25, 0.3) is 0 Å². The minimum atomic E-state index is -4.44. The highest BCUT2D eigenvalue weighted by molar-refractivity contribution is 5.92. The molecule has 0 spiro atoms. The number of nitrogens with zero attached hydrogens (tertiary/aromatic N) is 2. The minimum Gasteiger partial charge on any atom is -0.462 e. The van der Waals surface area contributed by atoms with Gasteiger partial charge in [-0.1, -0.05) is 6.92 Å². The van der Waals surface area contributed by atoms with Crippen molar-refractivity contribution in [2.75, 3.05) is 24.5 Å². The second-order valence-corrected chi connectivity index (χ2v) is 7.98. The van der Waals surface area contributed by atoms with Crippen LogP contribution in [0.1, 0.15) is 39.7 Å². The summed E-state index contributed by atoms with van der Waals surface area (Å²) < 4.78 is 50.6. The molecule has 2 aromatic rings. The number of piperazine rings is 1. The van der Waals surface area contributed by atoms with Gasteiger partial charge in [-0.25, -0.2) is 4.79 Å². The largest absolute Gasteiger partial charge is 0.462 e. The van der Waals surface area contributed by atoms with Gasteiger partial charge >= 0.3 is 12.3 Å². The van der Waals surface area contributed by atoms with Crippen molar-refractivity contribution in [3.05, 3.63) is 30.0 Å². The molecule has 1 saturated heterocycles. The lowest BCUT2D eigenvalue weighted by Crippen LogP contribution is -2.56. The quantitative estimate of drug-likeness (QED) is 0.690. The average molecular weight is 398 g/mol. The fourth-order valence-electron chi connectivity index (χ4n) is 3.53. The van der Waals surface area contributed by atoms with Crippen molar-refractivity contribution in [2.45, 2.75) is 51.9 Å². The Bertz CT molecular complexity index is 854. The summed E-state index contributed by atoms with van der Waals surface area (Å²) in [7, 11) is 0. The third-order valence-electron chi connectivity index (χ3n) is 4.82. The van der Waals surface area contributed by atoms with Crippen LogP contribution in [-0.2, 0) is 10.9 Å². The fraction of sp³-hybridized carbons (Fsp3) is 0.550. The van der Waals surface area contributed by atoms with Gasteiger partial charge in [-0.3, -0.25) is 0 Å². The summed E-state index contributed by atoms with van der Waals surface area (Å²) in [5.74, 6) is 0. The van der Waals surface area contributed by atoms with Crippen molar-refractivity contribution in [3.8, 4) is 0 Å². The van der Waals surface area contributed by atoms with Gasteiger partial charge in [-0.2, -0.15) is 13.2 Å². The topological polar surface area (TPSA) is 45.9 Å². The molecule has 0 aliphatic carbocycles. The number of halogens is 3. The summed E-state index contributed by atoms with van der Waals surface area (Å²) in [6.07, 6.45) is -2.83. The lowest BCUT2D eigenvalue weighted by atomic mass is 10.1. The first-order valence-corrected chi connectivity index (χ1v) is 9.33. The SMILES string of the molecule is CCC1CN(c2ccc(C(F)(F)F)c3ccoc23)CCN1C(=O)OC(C)(C)C. The Morgan fingerprint density at radius 3 is 2.54 bits per heavy atom. The van der Waals surface area contributed by atoms with Crippen molar-refractivity contribution < 1.29 is 27.1 Å². The van der Waals surface area contributed by atoms with E-state index in [4.69, 9.17) is 9.15 Å². The van der Waals surface area contributed by atoms with Crippen molar-refractivity contribution in [3.63, 3.8) is 0 Å². The molecular weight excluding hydrogens is 373 g/mol. The lowest BCUT2D eigenvalue weighted by molar-refractivity contribution is -0.136. The van der Waals surface area contributed by atoms with Crippen LogP contribution in [0.2, 0.25) is 0 Å². The van der Waals surface area contributed by atoms with E-state index in [0.29, 0.717) is 31.7 Å². The Kier molecular flexibility index (Phi) is 5.25. The number of amides is 1. The third-order valence-corrected chi connectivity index (χ3v) is 4.82. The molecule has 0 bridgehead atoms. The van der Waals surface area contributed by atoms with E-state index in [9.17, 15) is 18.0 Å². The van der Waals surface area contributed by atoms with Crippen LogP contribution >= 0.6 is 0 Å². The highest BCUT2D eigenvalue weighted by atomic mass is 19.4. The number of hydrogen-bond donors (Lipinski definition) is 0. The summed E-state index contributed by atoms with van der Waals surface area (Å²) in [6, 6.07) is 3.78. The van der Waals surface area contributed by atoms with Gasteiger partial charge in [0.05, 0.1) is 23.6 Å². The smallest absolute Gasteiger partial charge is 0.417 e. The van der Waals surface area contributed by atoms with Gasteiger partial charge in [-0.15, -0.1) is 0 Å². The molecule has 1 aliphatic heterocycles. The van der Waals surface area contributed by atoms with E-state index < -0.39 is 17.3 Å². The number of furan rings is 1. The molecular formula is C20H25F3N2O3. The summed E-state index contributed by atoms with van der Waals surface area (Å²) in [5, 5.41) is 0.0487. The maximum absolute atomic E-state index is 13.2. The van der Waals surface area contributed by atoms with E-state index in [1.807, 2.05) is 32.6 Å². The van der Waals surface area contributed by atoms with Crippen molar-refractivity contribution in [1.29, 1.82) is 0 Å². The monoisotopic (exact) mass is 398 g/mol. The Morgan fingerprint density at radius 2 is 1.93 bits per heavy atom. The summed E-state index contributed by atoms with van der Waals surface area (Å²) in [6.45, 7) is 8.83. The molecule has 5 nitrogen and oxygen atoms in total.